The summed E-state index contributed by atoms with van der Waals surface area (Å²) in [6.07, 6.45) is -6.45. The standard InChI is InChI=1S/C23H22F6N5O6PS.2Na/c1-13-18(25)7-21(34(13)42(38,39)17-4-2-16(24)3-5-17)33(12-40-41(35,36)37)11-14-6-20(30-10-19(14)26)15-8-31-22(32-9-15)23(27,28)29;;/h2-6,8-10,13,18,21H,7,11-12H2,1H3,(H2,35,36,37);;/q;2*+1/p-2/t13-,18+,21-;;/m0../s1. The number of halogens is 6. The van der Waals surface area contributed by atoms with E-state index in [-0.39, 0.29) is 75.9 Å². The number of hydrogen-bond acceptors (Lipinski definition) is 10. The number of benzene rings is 1. The largest absolute Gasteiger partial charge is 1.00 e. The van der Waals surface area contributed by atoms with Gasteiger partial charge in [0, 0.05) is 36.5 Å². The van der Waals surface area contributed by atoms with Gasteiger partial charge < -0.3 is 18.9 Å². The number of phosphoric acid groups is 1. The molecule has 2 aromatic heterocycles. The minimum Gasteiger partial charge on any atom is -0.790 e. The van der Waals surface area contributed by atoms with Gasteiger partial charge in [0.15, 0.2) is 0 Å². The van der Waals surface area contributed by atoms with Gasteiger partial charge in [-0.3, -0.25) is 9.88 Å². The minimum atomic E-state index is -5.67. The number of sulfonamides is 1. The molecule has 3 atom stereocenters. The Morgan fingerprint density at radius 1 is 1.07 bits per heavy atom. The molecule has 0 unspecified atom stereocenters. The molecule has 0 aliphatic carbocycles. The van der Waals surface area contributed by atoms with Crippen molar-refractivity contribution in [1.29, 1.82) is 0 Å². The summed E-state index contributed by atoms with van der Waals surface area (Å²) in [4.78, 5) is 33.2. The fraction of sp³-hybridized carbons (Fsp3) is 0.348. The Morgan fingerprint density at radius 2 is 1.66 bits per heavy atom. The summed E-state index contributed by atoms with van der Waals surface area (Å²) in [6.45, 7) is -0.570. The van der Waals surface area contributed by atoms with Gasteiger partial charge in [0.25, 0.3) is 0 Å². The summed E-state index contributed by atoms with van der Waals surface area (Å²) >= 11 is 0. The van der Waals surface area contributed by atoms with Crippen molar-refractivity contribution < 1.29 is 113 Å². The maximum Gasteiger partial charge on any atom is 1.00 e. The second-order valence-electron chi connectivity index (χ2n) is 9.17. The molecule has 1 fully saturated rings. The molecule has 21 heteroatoms. The molecule has 0 radical (unpaired) electrons. The number of aromatic nitrogens is 3. The molecule has 44 heavy (non-hydrogen) atoms. The first-order valence-electron chi connectivity index (χ1n) is 11.9. The summed E-state index contributed by atoms with van der Waals surface area (Å²) in [5.41, 5.74) is -0.475. The monoisotopic (exact) mass is 685 g/mol. The van der Waals surface area contributed by atoms with Gasteiger partial charge in [0.1, 0.15) is 24.5 Å². The molecule has 1 aromatic carbocycles. The van der Waals surface area contributed by atoms with Gasteiger partial charge in [0.05, 0.1) is 36.8 Å². The van der Waals surface area contributed by atoms with Crippen LogP contribution in [0.2, 0.25) is 0 Å². The van der Waals surface area contributed by atoms with Crippen LogP contribution in [0, 0.1) is 11.6 Å². The van der Waals surface area contributed by atoms with Crippen LogP contribution in [0.15, 0.2) is 53.8 Å². The molecule has 3 heterocycles. The van der Waals surface area contributed by atoms with Crippen molar-refractivity contribution in [3.63, 3.8) is 0 Å². The second kappa shape index (κ2) is 15.3. The van der Waals surface area contributed by atoms with Crippen LogP contribution in [0.4, 0.5) is 26.3 Å². The third-order valence-electron chi connectivity index (χ3n) is 6.36. The van der Waals surface area contributed by atoms with E-state index in [0.29, 0.717) is 10.5 Å². The molecule has 0 bridgehead atoms. The number of rotatable bonds is 9. The van der Waals surface area contributed by atoms with Crippen molar-refractivity contribution in [3.05, 3.63) is 71.9 Å². The van der Waals surface area contributed by atoms with Gasteiger partial charge in [-0.2, -0.15) is 17.5 Å². The van der Waals surface area contributed by atoms with Gasteiger partial charge in [-0.05, 0) is 37.3 Å². The van der Waals surface area contributed by atoms with Crippen molar-refractivity contribution >= 4 is 17.8 Å². The summed E-state index contributed by atoms with van der Waals surface area (Å²) in [7, 11) is -10.2. The van der Waals surface area contributed by atoms with E-state index in [4.69, 9.17) is 0 Å². The van der Waals surface area contributed by atoms with Crippen molar-refractivity contribution in [2.75, 3.05) is 6.73 Å². The molecular weight excluding hydrogens is 665 g/mol. The molecule has 0 spiro atoms. The zero-order valence-corrected chi connectivity index (χ0v) is 29.0. The molecule has 228 valence electrons. The zero-order chi connectivity index (χ0) is 31.0. The van der Waals surface area contributed by atoms with Crippen molar-refractivity contribution in [2.24, 2.45) is 0 Å². The minimum absolute atomic E-state index is 0. The normalized spacial score (nSPS) is 19.5. The summed E-state index contributed by atoms with van der Waals surface area (Å²) in [5, 5.41) is 0. The van der Waals surface area contributed by atoms with Gasteiger partial charge in [-0.25, -0.2) is 31.6 Å². The second-order valence-corrected chi connectivity index (χ2v) is 12.2. The number of pyridine rings is 1. The van der Waals surface area contributed by atoms with E-state index >= 15 is 0 Å². The third-order valence-corrected chi connectivity index (χ3v) is 8.79. The molecule has 0 saturated carbocycles. The average molecular weight is 685 g/mol. The van der Waals surface area contributed by atoms with E-state index in [1.807, 2.05) is 0 Å². The number of alkyl halides is 4. The molecule has 11 nitrogen and oxygen atoms in total. The van der Waals surface area contributed by atoms with E-state index in [0.717, 1.165) is 47.6 Å². The van der Waals surface area contributed by atoms with Crippen LogP contribution < -0.4 is 68.9 Å². The van der Waals surface area contributed by atoms with Gasteiger partial charge >= 0.3 is 65.3 Å². The van der Waals surface area contributed by atoms with Crippen molar-refractivity contribution in [1.82, 2.24) is 24.2 Å². The van der Waals surface area contributed by atoms with Crippen LogP contribution >= 0.6 is 7.82 Å². The Labute approximate surface area is 291 Å². The fourth-order valence-electron chi connectivity index (χ4n) is 4.32. The van der Waals surface area contributed by atoms with Crippen LogP contribution in [0.1, 0.15) is 24.7 Å². The van der Waals surface area contributed by atoms with Crippen LogP contribution in [0.25, 0.3) is 11.3 Å². The first kappa shape index (κ1) is 39.2. The average Bonchev–Trinajstić information content (AvgIpc) is 3.21. The summed E-state index contributed by atoms with van der Waals surface area (Å²) in [6, 6.07) is 3.31. The fourth-order valence-corrected chi connectivity index (χ4v) is 6.44. The zero-order valence-electron chi connectivity index (χ0n) is 23.3. The van der Waals surface area contributed by atoms with Gasteiger partial charge in [0.2, 0.25) is 15.8 Å². The third kappa shape index (κ3) is 9.30. The summed E-state index contributed by atoms with van der Waals surface area (Å²) < 4.78 is 125. The van der Waals surface area contributed by atoms with Gasteiger partial charge in [-0.1, -0.05) is 0 Å². The smallest absolute Gasteiger partial charge is 0.790 e. The molecular formula is C23H20F6N5Na2O6PS. The first-order chi connectivity index (χ1) is 19.5. The first-order valence-corrected chi connectivity index (χ1v) is 14.8. The molecule has 1 aliphatic rings. The Morgan fingerprint density at radius 3 is 2.20 bits per heavy atom. The molecule has 4 rings (SSSR count). The quantitative estimate of drug-likeness (QED) is 0.0965. The van der Waals surface area contributed by atoms with Crippen LogP contribution in [-0.4, -0.2) is 57.7 Å². The summed E-state index contributed by atoms with van der Waals surface area (Å²) in [5.74, 6) is -3.20. The number of phosphoric ester groups is 1. The Balaban J connectivity index is 0.00000337. The van der Waals surface area contributed by atoms with E-state index in [2.05, 4.69) is 19.5 Å². The van der Waals surface area contributed by atoms with E-state index in [1.165, 1.54) is 6.92 Å². The van der Waals surface area contributed by atoms with Gasteiger partial charge in [-0.15, -0.1) is 0 Å². The molecule has 1 saturated heterocycles. The molecule has 0 N–H and O–H groups in total. The van der Waals surface area contributed by atoms with Crippen LogP contribution in [-0.2, 0) is 31.8 Å². The van der Waals surface area contributed by atoms with E-state index in [1.54, 1.807) is 0 Å². The van der Waals surface area contributed by atoms with E-state index < -0.39 is 84.5 Å². The van der Waals surface area contributed by atoms with Crippen LogP contribution in [0.5, 0.6) is 0 Å². The predicted octanol–water partition coefficient (Wildman–Crippen LogP) is -3.40. The predicted molar refractivity (Wildman–Crippen MR) is 128 cm³/mol. The molecule has 3 aromatic rings. The van der Waals surface area contributed by atoms with E-state index in [9.17, 15) is 49.1 Å². The molecule has 0 amide bonds. The Bertz CT molecular complexity index is 1590. The number of hydrogen-bond donors (Lipinski definition) is 0. The molecule has 1 aliphatic heterocycles. The number of nitrogens with zero attached hydrogens (tertiary/aromatic N) is 5. The SMILES string of the molecule is C[C@H]1[C@H](F)C[C@@H](N(COP(=O)([O-])[O-])Cc2cc(-c3cnc(C(F)(F)F)nc3)ncc2F)N1S(=O)(=O)c1ccc(F)cc1.[Na+].[Na+]. The maximum absolute atomic E-state index is 15.0. The Hall–Kier alpha value is -0.990. The van der Waals surface area contributed by atoms with Crippen molar-refractivity contribution in [2.45, 2.75) is 49.3 Å². The Kier molecular flexibility index (Phi) is 13.6. The van der Waals surface area contributed by atoms with Crippen molar-refractivity contribution in [3.8, 4) is 11.3 Å². The topological polar surface area (TPSA) is 152 Å². The maximum atomic E-state index is 15.0. The van der Waals surface area contributed by atoms with Crippen LogP contribution in [0.3, 0.4) is 0 Å².